The van der Waals surface area contributed by atoms with Crippen LogP contribution in [0.1, 0.15) is 412 Å². The maximum Gasteiger partial charge on any atom is 0.306 e. The molecule has 0 aromatic heterocycles. The number of carboxylic acids is 1. The summed E-state index contributed by atoms with van der Waals surface area (Å²) in [6.45, 7) is 4.68. The van der Waals surface area contributed by atoms with Crippen LogP contribution < -0.4 is 5.11 Å². The topological polar surface area (TPSA) is 111 Å². The number of nitrogens with zero attached hydrogens (tertiary/aromatic N) is 1. The molecule has 0 saturated heterocycles. The van der Waals surface area contributed by atoms with E-state index in [-0.39, 0.29) is 32.2 Å². The number of quaternary nitrogens is 1. The number of likely N-dealkylation sites (N-methyl/N-ethyl adjacent to an activating group) is 1. The first kappa shape index (κ1) is 97.2. The highest BCUT2D eigenvalue weighted by molar-refractivity contribution is 5.70. The van der Waals surface area contributed by atoms with Crippen LogP contribution in [0, 0.1) is 0 Å². The van der Waals surface area contributed by atoms with Crippen molar-refractivity contribution in [1.82, 2.24) is 0 Å². The molecule has 0 radical (unpaired) electrons. The third kappa shape index (κ3) is 83.4. The Bertz CT molecular complexity index is 1990. The normalized spacial score (nSPS) is 13.1. The van der Waals surface area contributed by atoms with Crippen LogP contribution in [0.2, 0.25) is 0 Å². The van der Waals surface area contributed by atoms with Crippen molar-refractivity contribution in [3.63, 3.8) is 0 Å². The van der Waals surface area contributed by atoms with Gasteiger partial charge in [-0.2, -0.15) is 0 Å². The smallest absolute Gasteiger partial charge is 0.306 e. The first-order valence-electron chi connectivity index (χ1n) is 43.4. The van der Waals surface area contributed by atoms with E-state index in [2.05, 4.69) is 111 Å². The number of hydrogen-bond acceptors (Lipinski definition) is 8. The second kappa shape index (κ2) is 81.9. The van der Waals surface area contributed by atoms with Crippen LogP contribution in [-0.4, -0.2) is 82.3 Å². The molecule has 9 nitrogen and oxygen atoms in total. The average Bonchev–Trinajstić information content (AvgIpc) is 1.21. The van der Waals surface area contributed by atoms with Crippen LogP contribution in [0.15, 0.2) is 97.2 Å². The zero-order valence-corrected chi connectivity index (χ0v) is 67.3. The highest BCUT2D eigenvalue weighted by Gasteiger charge is 2.22. The lowest BCUT2D eigenvalue weighted by Gasteiger charge is -2.26. The molecular formula is C92H165NO8. The van der Waals surface area contributed by atoms with Gasteiger partial charge in [0.1, 0.15) is 13.2 Å². The van der Waals surface area contributed by atoms with Gasteiger partial charge in [-0.3, -0.25) is 9.59 Å². The molecule has 0 rings (SSSR count). The number of hydrogen-bond donors (Lipinski definition) is 0. The maximum atomic E-state index is 13.0. The number of allylic oxidation sites excluding steroid dienone is 16. The summed E-state index contributed by atoms with van der Waals surface area (Å²) < 4.78 is 22.9. The van der Waals surface area contributed by atoms with E-state index in [1.807, 2.05) is 21.1 Å². The molecule has 0 N–H and O–H groups in total. The van der Waals surface area contributed by atoms with Gasteiger partial charge in [-0.15, -0.1) is 0 Å². The fraction of sp³-hybridized carbons (Fsp3) is 0.793. The Morgan fingerprint density at radius 3 is 0.842 bits per heavy atom. The van der Waals surface area contributed by atoms with E-state index < -0.39 is 24.3 Å². The van der Waals surface area contributed by atoms with E-state index in [9.17, 15) is 19.5 Å². The molecular weight excluding hydrogens is 1250 g/mol. The summed E-state index contributed by atoms with van der Waals surface area (Å²) >= 11 is 0. The molecule has 9 heteroatoms. The first-order chi connectivity index (χ1) is 49.6. The predicted molar refractivity (Wildman–Crippen MR) is 435 cm³/mol. The SMILES string of the molecule is CC/C=C\C/C=C\C/C=C\C/C=C\C/C=C\C/C=C\CCCCCCCCCCCCCCCCCCCCCCC(=O)OC(COC(=O)CCCCCCCCCCCCCCCCCCCCCCCCCCC/C=C\C/C=C\CCCCCCC)COC(OCC[N+](C)(C)C)C(=O)[O-]. The molecule has 0 spiro atoms. The molecule has 2 unspecified atom stereocenters. The van der Waals surface area contributed by atoms with Gasteiger partial charge in [-0.05, 0) is 96.3 Å². The minimum absolute atomic E-state index is 0.148. The molecule has 0 aliphatic carbocycles. The monoisotopic (exact) mass is 1410 g/mol. The number of ether oxygens (including phenoxy) is 4. The minimum atomic E-state index is -1.62. The van der Waals surface area contributed by atoms with Crippen LogP contribution in [-0.2, 0) is 33.3 Å². The number of esters is 2. The molecule has 0 aromatic carbocycles. The van der Waals surface area contributed by atoms with Gasteiger partial charge >= 0.3 is 11.9 Å². The Morgan fingerprint density at radius 2 is 0.564 bits per heavy atom. The van der Waals surface area contributed by atoms with E-state index in [1.165, 1.54) is 302 Å². The maximum absolute atomic E-state index is 13.0. The number of carbonyl (C=O) groups is 3. The third-order valence-corrected chi connectivity index (χ3v) is 19.3. The number of carbonyl (C=O) groups excluding carboxylic acids is 3. The molecule has 0 amide bonds. The number of carboxylic acid groups (broad SMARTS) is 1. The van der Waals surface area contributed by atoms with E-state index in [0.29, 0.717) is 23.9 Å². The van der Waals surface area contributed by atoms with Gasteiger partial charge in [-0.25, -0.2) is 0 Å². The minimum Gasteiger partial charge on any atom is -0.545 e. The van der Waals surface area contributed by atoms with Crippen molar-refractivity contribution in [2.45, 2.75) is 424 Å². The lowest BCUT2D eigenvalue weighted by atomic mass is 10.0. The van der Waals surface area contributed by atoms with Crippen LogP contribution in [0.5, 0.6) is 0 Å². The van der Waals surface area contributed by atoms with Gasteiger partial charge in [0.25, 0.3) is 0 Å². The number of aliphatic carboxylic acids is 1. The molecule has 2 atom stereocenters. The molecule has 586 valence electrons. The van der Waals surface area contributed by atoms with E-state index >= 15 is 0 Å². The fourth-order valence-electron chi connectivity index (χ4n) is 12.8. The summed E-state index contributed by atoms with van der Waals surface area (Å²) in [5.74, 6) is -2.25. The molecule has 101 heavy (non-hydrogen) atoms. The molecule has 0 aliphatic heterocycles. The Morgan fingerprint density at radius 1 is 0.307 bits per heavy atom. The van der Waals surface area contributed by atoms with Crippen LogP contribution in [0.3, 0.4) is 0 Å². The van der Waals surface area contributed by atoms with Gasteiger partial charge in [-0.1, -0.05) is 400 Å². The summed E-state index contributed by atoms with van der Waals surface area (Å²) in [4.78, 5) is 37.7. The van der Waals surface area contributed by atoms with Crippen molar-refractivity contribution < 1.29 is 42.9 Å². The first-order valence-corrected chi connectivity index (χ1v) is 43.4. The van der Waals surface area contributed by atoms with E-state index in [4.69, 9.17) is 18.9 Å². The lowest BCUT2D eigenvalue weighted by molar-refractivity contribution is -0.870. The van der Waals surface area contributed by atoms with Crippen LogP contribution >= 0.6 is 0 Å². The van der Waals surface area contributed by atoms with E-state index in [1.54, 1.807) is 0 Å². The quantitative estimate of drug-likeness (QED) is 0.0195. The zero-order chi connectivity index (χ0) is 73.2. The molecule has 0 aromatic rings. The molecule has 0 heterocycles. The number of unbranched alkanes of at least 4 members (excludes halogenated alkanes) is 50. The van der Waals surface area contributed by atoms with Crippen molar-refractivity contribution in [2.75, 3.05) is 47.5 Å². The molecule has 0 fully saturated rings. The lowest BCUT2D eigenvalue weighted by Crippen LogP contribution is -2.44. The van der Waals surface area contributed by atoms with Gasteiger partial charge in [0, 0.05) is 12.8 Å². The highest BCUT2D eigenvalue weighted by atomic mass is 16.7. The van der Waals surface area contributed by atoms with Crippen molar-refractivity contribution in [2.24, 2.45) is 0 Å². The van der Waals surface area contributed by atoms with E-state index in [0.717, 1.165) is 77.0 Å². The fourth-order valence-corrected chi connectivity index (χ4v) is 12.8. The van der Waals surface area contributed by atoms with Gasteiger partial charge in [0.05, 0.1) is 40.3 Å². The predicted octanol–water partition coefficient (Wildman–Crippen LogP) is 26.9. The summed E-state index contributed by atoms with van der Waals surface area (Å²) in [5.41, 5.74) is 0. The largest absolute Gasteiger partial charge is 0.545 e. The Balaban J connectivity index is 3.94. The average molecular weight is 1410 g/mol. The summed E-state index contributed by atoms with van der Waals surface area (Å²) in [6.07, 6.45) is 111. The Labute approximate surface area is 626 Å². The summed E-state index contributed by atoms with van der Waals surface area (Å²) in [6, 6.07) is 0. The standard InChI is InChI=1S/C92H165NO8/c1-6-8-10-12-14-16-18-20-22-24-26-28-30-32-34-36-38-40-42-44-45-47-49-51-53-55-57-59-61-63-65-67-69-71-73-75-77-79-81-83-90(95)101-88(87-100-92(91(96)97)98-85-84-93(3,4)5)86-99-89(94)82-80-78-76-74-72-70-68-66-64-62-60-58-56-54-52-50-48-46-43-41-39-37-35-33-31-29-27-25-23-21-19-17-15-13-11-9-7-2/h8,10,14,16,19-22,25-28,32,34,38,40,88,92H,6-7,9,11-13,15,17-18,23-24,29-31,33,35-37,39,41-87H2,1-5H3/b10-8-,16-14-,21-19-,22-20-,27-25-,28-26-,34-32-,40-38-. The van der Waals surface area contributed by atoms with Crippen molar-refractivity contribution >= 4 is 17.9 Å². The summed E-state index contributed by atoms with van der Waals surface area (Å²) in [7, 11) is 5.95. The second-order valence-corrected chi connectivity index (χ2v) is 30.4. The molecule has 0 aliphatic rings. The molecule has 0 bridgehead atoms. The number of rotatable bonds is 81. The van der Waals surface area contributed by atoms with Gasteiger partial charge in [0.2, 0.25) is 0 Å². The Hall–Kier alpha value is -3.79. The Kier molecular flexibility index (Phi) is 78.8. The third-order valence-electron chi connectivity index (χ3n) is 19.3. The van der Waals surface area contributed by atoms with Crippen molar-refractivity contribution in [1.29, 1.82) is 0 Å². The highest BCUT2D eigenvalue weighted by Crippen LogP contribution is 2.20. The van der Waals surface area contributed by atoms with Crippen LogP contribution in [0.25, 0.3) is 0 Å². The summed E-state index contributed by atoms with van der Waals surface area (Å²) in [5, 5.41) is 11.9. The molecule has 0 saturated carbocycles. The van der Waals surface area contributed by atoms with Crippen LogP contribution in [0.4, 0.5) is 0 Å². The zero-order valence-electron chi connectivity index (χ0n) is 67.3. The van der Waals surface area contributed by atoms with Gasteiger partial charge < -0.3 is 33.3 Å². The van der Waals surface area contributed by atoms with Crippen molar-refractivity contribution in [3.8, 4) is 0 Å². The van der Waals surface area contributed by atoms with Crippen molar-refractivity contribution in [3.05, 3.63) is 97.2 Å². The second-order valence-electron chi connectivity index (χ2n) is 30.4. The van der Waals surface area contributed by atoms with Gasteiger partial charge in [0.15, 0.2) is 12.4 Å².